The van der Waals surface area contributed by atoms with Crippen molar-refractivity contribution in [1.29, 1.82) is 0 Å². The first-order valence-corrected chi connectivity index (χ1v) is 14.1. The van der Waals surface area contributed by atoms with Gasteiger partial charge in [0.2, 0.25) is 10.0 Å². The number of benzene rings is 3. The minimum absolute atomic E-state index is 0.0898. The quantitative estimate of drug-likeness (QED) is 0.501. The molecule has 3 aromatic carbocycles. The molecular weight excluding hydrogens is 496 g/mol. The Balaban J connectivity index is 1.33. The van der Waals surface area contributed by atoms with Gasteiger partial charge < -0.3 is 4.90 Å². The van der Waals surface area contributed by atoms with Gasteiger partial charge in [-0.05, 0) is 72.5 Å². The second kappa shape index (κ2) is 9.87. The smallest absolute Gasteiger partial charge is 0.253 e. The molecule has 0 N–H and O–H groups in total. The maximum absolute atomic E-state index is 13.6. The van der Waals surface area contributed by atoms with Crippen LogP contribution in [0.2, 0.25) is 0 Å². The standard InChI is InChI=1S/C28H29F2N3O3S/c1-19-17-23-18-22(7-12-26(23)33(19)37(2,35)36)28(34)32-15-13-31(14-16-32)27(20-3-8-24(29)9-4-20)21-5-10-25(30)11-6-21/h3-12,18-19,27H,13-17H2,1-2H3/t19-/m0/s1. The van der Waals surface area contributed by atoms with E-state index in [-0.39, 0.29) is 29.6 Å². The molecule has 3 aromatic rings. The van der Waals surface area contributed by atoms with Gasteiger partial charge >= 0.3 is 0 Å². The van der Waals surface area contributed by atoms with Gasteiger partial charge in [0.25, 0.3) is 5.91 Å². The molecule has 2 heterocycles. The van der Waals surface area contributed by atoms with Crippen molar-refractivity contribution in [2.45, 2.75) is 25.4 Å². The fourth-order valence-corrected chi connectivity index (χ4v) is 6.77. The lowest BCUT2D eigenvalue weighted by atomic mass is 9.96. The lowest BCUT2D eigenvalue weighted by Crippen LogP contribution is -2.49. The summed E-state index contributed by atoms with van der Waals surface area (Å²) in [6.45, 7) is 4.05. The summed E-state index contributed by atoms with van der Waals surface area (Å²) in [6.07, 6.45) is 1.76. The van der Waals surface area contributed by atoms with Crippen molar-refractivity contribution in [3.63, 3.8) is 0 Å². The Kier molecular flexibility index (Phi) is 6.76. The number of carbonyl (C=O) groups excluding carboxylic acids is 1. The molecule has 1 atom stereocenters. The van der Waals surface area contributed by atoms with Gasteiger partial charge in [-0.15, -0.1) is 0 Å². The molecule has 1 fully saturated rings. The topological polar surface area (TPSA) is 60.9 Å². The number of rotatable bonds is 5. The Morgan fingerprint density at radius 1 is 0.865 bits per heavy atom. The first kappa shape index (κ1) is 25.4. The maximum Gasteiger partial charge on any atom is 0.253 e. The molecule has 0 saturated carbocycles. The molecule has 0 spiro atoms. The minimum Gasteiger partial charge on any atom is -0.336 e. The van der Waals surface area contributed by atoms with Gasteiger partial charge in [0.1, 0.15) is 11.6 Å². The zero-order valence-corrected chi connectivity index (χ0v) is 21.6. The van der Waals surface area contributed by atoms with Crippen molar-refractivity contribution >= 4 is 21.6 Å². The molecule has 2 aliphatic heterocycles. The molecule has 2 aliphatic rings. The predicted octanol–water partition coefficient (Wildman–Crippen LogP) is 4.22. The number of fused-ring (bicyclic) bond motifs is 1. The molecule has 0 aliphatic carbocycles. The van der Waals surface area contributed by atoms with Gasteiger partial charge in [0.15, 0.2) is 0 Å². The summed E-state index contributed by atoms with van der Waals surface area (Å²) >= 11 is 0. The molecule has 1 amide bonds. The van der Waals surface area contributed by atoms with E-state index in [0.29, 0.717) is 43.9 Å². The van der Waals surface area contributed by atoms with E-state index in [1.54, 1.807) is 41.3 Å². The highest BCUT2D eigenvalue weighted by Crippen LogP contribution is 2.35. The van der Waals surface area contributed by atoms with Gasteiger partial charge in [0, 0.05) is 37.8 Å². The highest BCUT2D eigenvalue weighted by Gasteiger charge is 2.34. The van der Waals surface area contributed by atoms with Crippen LogP contribution in [0.4, 0.5) is 14.5 Å². The number of carbonyl (C=O) groups is 1. The van der Waals surface area contributed by atoms with E-state index in [1.807, 2.05) is 13.0 Å². The first-order valence-electron chi connectivity index (χ1n) is 12.3. The van der Waals surface area contributed by atoms with Crippen LogP contribution < -0.4 is 4.31 Å². The fourth-order valence-electron chi connectivity index (χ4n) is 5.51. The molecular formula is C28H29F2N3O3S. The van der Waals surface area contributed by atoms with Crippen molar-refractivity contribution in [3.05, 3.63) is 101 Å². The molecule has 5 rings (SSSR count). The van der Waals surface area contributed by atoms with E-state index in [9.17, 15) is 22.0 Å². The van der Waals surface area contributed by atoms with Crippen LogP contribution in [0.1, 0.15) is 40.0 Å². The van der Waals surface area contributed by atoms with E-state index < -0.39 is 10.0 Å². The highest BCUT2D eigenvalue weighted by atomic mass is 32.2. The van der Waals surface area contributed by atoms with E-state index >= 15 is 0 Å². The first-order chi connectivity index (χ1) is 17.6. The summed E-state index contributed by atoms with van der Waals surface area (Å²) in [6, 6.07) is 17.5. The molecule has 9 heteroatoms. The van der Waals surface area contributed by atoms with Crippen LogP contribution in [0, 0.1) is 11.6 Å². The summed E-state index contributed by atoms with van der Waals surface area (Å²) < 4.78 is 53.0. The largest absolute Gasteiger partial charge is 0.336 e. The lowest BCUT2D eigenvalue weighted by Gasteiger charge is -2.40. The zero-order chi connectivity index (χ0) is 26.3. The summed E-state index contributed by atoms with van der Waals surface area (Å²) in [4.78, 5) is 17.4. The van der Waals surface area contributed by atoms with Gasteiger partial charge in [-0.2, -0.15) is 0 Å². The molecule has 0 radical (unpaired) electrons. The summed E-state index contributed by atoms with van der Waals surface area (Å²) in [5, 5.41) is 0. The molecule has 0 bridgehead atoms. The van der Waals surface area contributed by atoms with Crippen LogP contribution in [-0.2, 0) is 16.4 Å². The van der Waals surface area contributed by atoms with Crippen LogP contribution in [0.3, 0.4) is 0 Å². The monoisotopic (exact) mass is 525 g/mol. The van der Waals surface area contributed by atoms with Crippen LogP contribution in [-0.4, -0.2) is 62.6 Å². The average molecular weight is 526 g/mol. The highest BCUT2D eigenvalue weighted by molar-refractivity contribution is 7.92. The van der Waals surface area contributed by atoms with Crippen molar-refractivity contribution < 1.29 is 22.0 Å². The summed E-state index contributed by atoms with van der Waals surface area (Å²) in [5.74, 6) is -0.728. The Morgan fingerprint density at radius 3 is 1.92 bits per heavy atom. The van der Waals surface area contributed by atoms with Crippen LogP contribution >= 0.6 is 0 Å². The SMILES string of the molecule is C[C@H]1Cc2cc(C(=O)N3CCN(C(c4ccc(F)cc4)c4ccc(F)cc4)CC3)ccc2N1S(C)(=O)=O. The van der Waals surface area contributed by atoms with Crippen molar-refractivity contribution in [2.24, 2.45) is 0 Å². The lowest BCUT2D eigenvalue weighted by molar-refractivity contribution is 0.0597. The van der Waals surface area contributed by atoms with E-state index in [0.717, 1.165) is 16.7 Å². The molecule has 194 valence electrons. The summed E-state index contributed by atoms with van der Waals surface area (Å²) in [5.41, 5.74) is 3.84. The predicted molar refractivity (Wildman–Crippen MR) is 139 cm³/mol. The van der Waals surface area contributed by atoms with E-state index in [4.69, 9.17) is 0 Å². The number of amides is 1. The molecule has 6 nitrogen and oxygen atoms in total. The Labute approximate surface area is 216 Å². The third kappa shape index (κ3) is 5.10. The van der Waals surface area contributed by atoms with Crippen molar-refractivity contribution in [1.82, 2.24) is 9.80 Å². The number of anilines is 1. The molecule has 1 saturated heterocycles. The van der Waals surface area contributed by atoms with Crippen molar-refractivity contribution in [2.75, 3.05) is 36.7 Å². The second-order valence-electron chi connectivity index (χ2n) is 9.79. The van der Waals surface area contributed by atoms with Gasteiger partial charge in [-0.1, -0.05) is 24.3 Å². The average Bonchev–Trinajstić information content (AvgIpc) is 3.22. The minimum atomic E-state index is -3.39. The van der Waals surface area contributed by atoms with Gasteiger partial charge in [-0.25, -0.2) is 17.2 Å². The van der Waals surface area contributed by atoms with E-state index in [1.165, 1.54) is 34.8 Å². The maximum atomic E-state index is 13.6. The number of hydrogen-bond acceptors (Lipinski definition) is 4. The van der Waals surface area contributed by atoms with Crippen LogP contribution in [0.5, 0.6) is 0 Å². The normalized spacial score (nSPS) is 18.4. The fraction of sp³-hybridized carbons (Fsp3) is 0.321. The summed E-state index contributed by atoms with van der Waals surface area (Å²) in [7, 11) is -3.39. The van der Waals surface area contributed by atoms with E-state index in [2.05, 4.69) is 4.90 Å². The second-order valence-corrected chi connectivity index (χ2v) is 11.6. The Morgan fingerprint density at radius 2 is 1.41 bits per heavy atom. The third-order valence-corrected chi connectivity index (χ3v) is 8.45. The number of hydrogen-bond donors (Lipinski definition) is 0. The number of sulfonamides is 1. The van der Waals surface area contributed by atoms with Crippen molar-refractivity contribution in [3.8, 4) is 0 Å². The Bertz CT molecular complexity index is 1360. The van der Waals surface area contributed by atoms with Crippen LogP contribution in [0.15, 0.2) is 66.7 Å². The zero-order valence-electron chi connectivity index (χ0n) is 20.8. The van der Waals surface area contributed by atoms with Crippen LogP contribution in [0.25, 0.3) is 0 Å². The number of nitrogens with zero attached hydrogens (tertiary/aromatic N) is 3. The molecule has 0 aromatic heterocycles. The molecule has 0 unspecified atom stereocenters. The molecule has 37 heavy (non-hydrogen) atoms. The number of halogens is 2. The van der Waals surface area contributed by atoms with Gasteiger partial charge in [-0.3, -0.25) is 14.0 Å². The number of piperazine rings is 1. The Hall–Kier alpha value is -3.30. The van der Waals surface area contributed by atoms with Gasteiger partial charge in [0.05, 0.1) is 18.0 Å². The third-order valence-electron chi connectivity index (χ3n) is 7.17.